The van der Waals surface area contributed by atoms with Gasteiger partial charge in [-0.25, -0.2) is 0 Å². The molecule has 2 rings (SSSR count). The molecule has 0 N–H and O–H groups in total. The van der Waals surface area contributed by atoms with Gasteiger partial charge in [0.15, 0.2) is 0 Å². The molecule has 0 saturated heterocycles. The molecule has 88 valence electrons. The van der Waals surface area contributed by atoms with E-state index in [2.05, 4.69) is 0 Å². The summed E-state index contributed by atoms with van der Waals surface area (Å²) < 4.78 is 5.72. The summed E-state index contributed by atoms with van der Waals surface area (Å²) in [5.41, 5.74) is 1.91. The van der Waals surface area contributed by atoms with E-state index in [-0.39, 0.29) is 0 Å². The van der Waals surface area contributed by atoms with Crippen molar-refractivity contribution in [2.45, 2.75) is 13.5 Å². The average Bonchev–Trinajstić information content (AvgIpc) is 2.30. The van der Waals surface area contributed by atoms with Crippen LogP contribution in [0.5, 0.6) is 5.75 Å². The number of hydrogen-bond donors (Lipinski definition) is 0. The highest BCUT2D eigenvalue weighted by molar-refractivity contribution is 6.35. The van der Waals surface area contributed by atoms with Gasteiger partial charge in [-0.05, 0) is 30.7 Å². The lowest BCUT2D eigenvalue weighted by Crippen LogP contribution is -1.98. The Labute approximate surface area is 111 Å². The Morgan fingerprint density at radius 3 is 2.24 bits per heavy atom. The van der Waals surface area contributed by atoms with Gasteiger partial charge >= 0.3 is 0 Å². The molecule has 3 heteroatoms. The van der Waals surface area contributed by atoms with E-state index < -0.39 is 0 Å². The van der Waals surface area contributed by atoms with E-state index in [4.69, 9.17) is 27.9 Å². The van der Waals surface area contributed by atoms with Gasteiger partial charge in [0, 0.05) is 15.6 Å². The first-order valence-electron chi connectivity index (χ1n) is 5.30. The highest BCUT2D eigenvalue weighted by Gasteiger charge is 2.06. The molecule has 0 aliphatic heterocycles. The van der Waals surface area contributed by atoms with Crippen LogP contribution in [0.1, 0.15) is 11.1 Å². The lowest BCUT2D eigenvalue weighted by atomic mass is 10.2. The topological polar surface area (TPSA) is 9.23 Å². The summed E-state index contributed by atoms with van der Waals surface area (Å²) >= 11 is 12.1. The molecule has 0 atom stereocenters. The number of rotatable bonds is 3. The normalized spacial score (nSPS) is 10.3. The Morgan fingerprint density at radius 2 is 1.59 bits per heavy atom. The van der Waals surface area contributed by atoms with E-state index in [9.17, 15) is 0 Å². The molecule has 0 spiro atoms. The van der Waals surface area contributed by atoms with Gasteiger partial charge in [-0.15, -0.1) is 0 Å². The second kappa shape index (κ2) is 5.44. The average molecular weight is 267 g/mol. The van der Waals surface area contributed by atoms with Crippen molar-refractivity contribution >= 4 is 23.2 Å². The first-order valence-corrected chi connectivity index (χ1v) is 6.05. The second-order valence-electron chi connectivity index (χ2n) is 3.75. The monoisotopic (exact) mass is 266 g/mol. The zero-order chi connectivity index (χ0) is 12.3. The molecule has 0 saturated carbocycles. The fourth-order valence-corrected chi connectivity index (χ4v) is 2.05. The van der Waals surface area contributed by atoms with Gasteiger partial charge in [0.2, 0.25) is 0 Å². The van der Waals surface area contributed by atoms with Crippen molar-refractivity contribution in [3.05, 3.63) is 63.6 Å². The lowest BCUT2D eigenvalue weighted by molar-refractivity contribution is 0.304. The van der Waals surface area contributed by atoms with Crippen LogP contribution < -0.4 is 4.74 Å². The van der Waals surface area contributed by atoms with Crippen LogP contribution in [0.2, 0.25) is 10.0 Å². The Morgan fingerprint density at radius 1 is 0.941 bits per heavy atom. The summed E-state index contributed by atoms with van der Waals surface area (Å²) in [4.78, 5) is 0. The predicted molar refractivity (Wildman–Crippen MR) is 72.0 cm³/mol. The maximum absolute atomic E-state index is 6.07. The molecule has 0 heterocycles. The van der Waals surface area contributed by atoms with Crippen molar-refractivity contribution < 1.29 is 4.74 Å². The van der Waals surface area contributed by atoms with E-state index in [0.29, 0.717) is 16.7 Å². The molecular weight excluding hydrogens is 255 g/mol. The Kier molecular flexibility index (Phi) is 3.93. The fourth-order valence-electron chi connectivity index (χ4n) is 1.54. The van der Waals surface area contributed by atoms with Crippen LogP contribution in [-0.2, 0) is 6.61 Å². The smallest absolute Gasteiger partial charge is 0.122 e. The Balaban J connectivity index is 2.16. The molecule has 17 heavy (non-hydrogen) atoms. The highest BCUT2D eigenvalue weighted by atomic mass is 35.5. The van der Waals surface area contributed by atoms with Crippen LogP contribution in [-0.4, -0.2) is 0 Å². The molecule has 2 aromatic carbocycles. The molecule has 0 radical (unpaired) electrons. The Bertz CT molecular complexity index is 503. The summed E-state index contributed by atoms with van der Waals surface area (Å²) in [5.74, 6) is 0.850. The number of ether oxygens (including phenoxy) is 1. The third kappa shape index (κ3) is 2.93. The molecule has 0 fully saturated rings. The van der Waals surface area contributed by atoms with Gasteiger partial charge in [-0.1, -0.05) is 47.5 Å². The number of halogens is 2. The molecule has 0 aromatic heterocycles. The van der Waals surface area contributed by atoms with E-state index >= 15 is 0 Å². The van der Waals surface area contributed by atoms with Crippen LogP contribution in [0, 0.1) is 6.92 Å². The Hall–Kier alpha value is -1.18. The largest absolute Gasteiger partial charge is 0.489 e. The van der Waals surface area contributed by atoms with E-state index in [1.165, 1.54) is 0 Å². The first kappa shape index (κ1) is 12.3. The zero-order valence-corrected chi connectivity index (χ0v) is 10.9. The van der Waals surface area contributed by atoms with Gasteiger partial charge in [0.05, 0.1) is 0 Å². The molecule has 0 bridgehead atoms. The number of hydrogen-bond acceptors (Lipinski definition) is 1. The number of benzene rings is 2. The van der Waals surface area contributed by atoms with Crippen LogP contribution in [0.3, 0.4) is 0 Å². The summed E-state index contributed by atoms with van der Waals surface area (Å²) in [7, 11) is 0. The van der Waals surface area contributed by atoms with Crippen LogP contribution in [0.4, 0.5) is 0 Å². The maximum Gasteiger partial charge on any atom is 0.122 e. The highest BCUT2D eigenvalue weighted by Crippen LogP contribution is 2.26. The van der Waals surface area contributed by atoms with Gasteiger partial charge in [0.25, 0.3) is 0 Å². The van der Waals surface area contributed by atoms with E-state index in [1.54, 1.807) is 0 Å². The van der Waals surface area contributed by atoms with Crippen molar-refractivity contribution in [1.82, 2.24) is 0 Å². The van der Waals surface area contributed by atoms with Crippen molar-refractivity contribution in [3.63, 3.8) is 0 Å². The summed E-state index contributed by atoms with van der Waals surface area (Å²) in [6, 6.07) is 13.3. The SMILES string of the molecule is Cc1ccccc1OCc1c(Cl)cccc1Cl. The molecule has 0 aliphatic rings. The quantitative estimate of drug-likeness (QED) is 0.770. The summed E-state index contributed by atoms with van der Waals surface area (Å²) in [6.45, 7) is 2.38. The van der Waals surface area contributed by atoms with Crippen LogP contribution in [0.15, 0.2) is 42.5 Å². The van der Waals surface area contributed by atoms with E-state index in [0.717, 1.165) is 16.9 Å². The van der Waals surface area contributed by atoms with Gasteiger partial charge in [0.1, 0.15) is 12.4 Å². The second-order valence-corrected chi connectivity index (χ2v) is 4.57. The van der Waals surface area contributed by atoms with Gasteiger partial charge < -0.3 is 4.74 Å². The predicted octanol–water partition coefficient (Wildman–Crippen LogP) is 4.88. The lowest BCUT2D eigenvalue weighted by Gasteiger charge is -2.11. The maximum atomic E-state index is 6.07. The number of aryl methyl sites for hydroxylation is 1. The van der Waals surface area contributed by atoms with Gasteiger partial charge in [-0.3, -0.25) is 0 Å². The molecule has 0 aliphatic carbocycles. The summed E-state index contributed by atoms with van der Waals surface area (Å²) in [6.07, 6.45) is 0. The molecule has 1 nitrogen and oxygen atoms in total. The minimum Gasteiger partial charge on any atom is -0.489 e. The van der Waals surface area contributed by atoms with E-state index in [1.807, 2.05) is 49.4 Å². The van der Waals surface area contributed by atoms with Crippen molar-refractivity contribution in [1.29, 1.82) is 0 Å². The standard InChI is InChI=1S/C14H12Cl2O/c1-10-5-2-3-8-14(10)17-9-11-12(15)6-4-7-13(11)16/h2-8H,9H2,1H3. The summed E-state index contributed by atoms with van der Waals surface area (Å²) in [5, 5.41) is 1.26. The minimum absolute atomic E-state index is 0.378. The molecule has 0 amide bonds. The third-order valence-corrected chi connectivity index (χ3v) is 3.24. The molecule has 2 aromatic rings. The fraction of sp³-hybridized carbons (Fsp3) is 0.143. The first-order chi connectivity index (χ1) is 8.18. The van der Waals surface area contributed by atoms with Crippen LogP contribution in [0.25, 0.3) is 0 Å². The van der Waals surface area contributed by atoms with Crippen molar-refractivity contribution in [2.24, 2.45) is 0 Å². The molecular formula is C14H12Cl2O. The van der Waals surface area contributed by atoms with Crippen molar-refractivity contribution in [3.8, 4) is 5.75 Å². The molecule has 0 unspecified atom stereocenters. The minimum atomic E-state index is 0.378. The van der Waals surface area contributed by atoms with Crippen LogP contribution >= 0.6 is 23.2 Å². The van der Waals surface area contributed by atoms with Gasteiger partial charge in [-0.2, -0.15) is 0 Å². The third-order valence-electron chi connectivity index (χ3n) is 2.53. The zero-order valence-electron chi connectivity index (χ0n) is 9.41. The number of para-hydroxylation sites is 1. The van der Waals surface area contributed by atoms with Crippen molar-refractivity contribution in [2.75, 3.05) is 0 Å².